The Kier molecular flexibility index (Phi) is 6.82. The number of hydrogen-bond acceptors (Lipinski definition) is 4. The number of carbonyl (C=O) groups is 1. The van der Waals surface area contributed by atoms with Gasteiger partial charge in [-0.05, 0) is 37.1 Å². The molecule has 0 spiro atoms. The highest BCUT2D eigenvalue weighted by atomic mass is 35.5. The van der Waals surface area contributed by atoms with Gasteiger partial charge in [0, 0.05) is 28.8 Å². The number of ether oxygens (including phenoxy) is 1. The predicted octanol–water partition coefficient (Wildman–Crippen LogP) is 3.84. The van der Waals surface area contributed by atoms with Crippen LogP contribution < -0.4 is 10.0 Å². The second-order valence-electron chi connectivity index (χ2n) is 6.45. The van der Waals surface area contributed by atoms with E-state index >= 15 is 0 Å². The van der Waals surface area contributed by atoms with Crippen LogP contribution in [-0.4, -0.2) is 33.6 Å². The third-order valence-corrected chi connectivity index (χ3v) is 6.26. The van der Waals surface area contributed by atoms with Crippen LogP contribution in [0.2, 0.25) is 10.0 Å². The third-order valence-electron chi connectivity index (χ3n) is 4.35. The molecule has 0 bridgehead atoms. The molecule has 0 aliphatic carbocycles. The van der Waals surface area contributed by atoms with Crippen molar-refractivity contribution in [3.8, 4) is 0 Å². The fourth-order valence-electron chi connectivity index (χ4n) is 2.94. The number of sulfonamides is 1. The maximum Gasteiger partial charge on any atom is 0.253 e. The first kappa shape index (κ1) is 20.9. The molecule has 28 heavy (non-hydrogen) atoms. The summed E-state index contributed by atoms with van der Waals surface area (Å²) >= 11 is 12.1. The lowest BCUT2D eigenvalue weighted by Crippen LogP contribution is -2.32. The highest BCUT2D eigenvalue weighted by molar-refractivity contribution is 7.91. The predicted molar refractivity (Wildman–Crippen MR) is 110 cm³/mol. The number of amides is 1. The number of hydrogen-bond donors (Lipinski definition) is 2. The molecule has 1 atom stereocenters. The van der Waals surface area contributed by atoms with Crippen LogP contribution in [0, 0.1) is 0 Å². The molecule has 1 aliphatic rings. The first-order chi connectivity index (χ1) is 13.4. The van der Waals surface area contributed by atoms with Gasteiger partial charge >= 0.3 is 0 Å². The van der Waals surface area contributed by atoms with Gasteiger partial charge in [-0.1, -0.05) is 41.4 Å². The molecular formula is C19H20Cl2N2O4S. The highest BCUT2D eigenvalue weighted by Crippen LogP contribution is 2.27. The van der Waals surface area contributed by atoms with E-state index in [-0.39, 0.29) is 33.3 Å². The summed E-state index contributed by atoms with van der Waals surface area (Å²) in [6.45, 7) is 1.08. The van der Waals surface area contributed by atoms with Crippen LogP contribution in [0.5, 0.6) is 0 Å². The number of rotatable bonds is 7. The first-order valence-corrected chi connectivity index (χ1v) is 11.2. The topological polar surface area (TPSA) is 84.5 Å². The molecule has 0 unspecified atom stereocenters. The van der Waals surface area contributed by atoms with Crippen LogP contribution in [-0.2, 0) is 20.5 Å². The van der Waals surface area contributed by atoms with Gasteiger partial charge in [0.05, 0.1) is 23.1 Å². The van der Waals surface area contributed by atoms with Crippen LogP contribution in [0.4, 0.5) is 5.69 Å². The average Bonchev–Trinajstić information content (AvgIpc) is 3.17. The van der Waals surface area contributed by atoms with Crippen LogP contribution in [0.3, 0.4) is 0 Å². The summed E-state index contributed by atoms with van der Waals surface area (Å²) in [7, 11) is -3.84. The smallest absolute Gasteiger partial charge is 0.253 e. The number of anilines is 1. The fourth-order valence-corrected chi connectivity index (χ4v) is 4.91. The minimum atomic E-state index is -3.84. The fraction of sp³-hybridized carbons (Fsp3) is 0.316. The normalized spacial score (nSPS) is 16.7. The number of nitrogens with one attached hydrogen (secondary N) is 2. The van der Waals surface area contributed by atoms with E-state index in [9.17, 15) is 13.2 Å². The van der Waals surface area contributed by atoms with E-state index in [0.717, 1.165) is 12.8 Å². The largest absolute Gasteiger partial charge is 0.376 e. The maximum absolute atomic E-state index is 12.6. The van der Waals surface area contributed by atoms with Crippen molar-refractivity contribution in [2.45, 2.75) is 24.7 Å². The Morgan fingerprint density at radius 3 is 2.50 bits per heavy atom. The quantitative estimate of drug-likeness (QED) is 0.681. The molecule has 6 nitrogen and oxygen atoms in total. The molecule has 150 valence electrons. The van der Waals surface area contributed by atoms with Gasteiger partial charge in [-0.25, -0.2) is 8.42 Å². The zero-order valence-electron chi connectivity index (χ0n) is 15.0. The molecular weight excluding hydrogens is 423 g/mol. The Balaban J connectivity index is 1.73. The van der Waals surface area contributed by atoms with E-state index < -0.39 is 15.8 Å². The van der Waals surface area contributed by atoms with Crippen molar-refractivity contribution in [3.63, 3.8) is 0 Å². The molecule has 1 saturated heterocycles. The monoisotopic (exact) mass is 442 g/mol. The summed E-state index contributed by atoms with van der Waals surface area (Å²) in [5.41, 5.74) is 0.725. The van der Waals surface area contributed by atoms with Crippen molar-refractivity contribution < 1.29 is 17.9 Å². The molecule has 0 aromatic heterocycles. The van der Waals surface area contributed by atoms with Crippen molar-refractivity contribution in [2.75, 3.05) is 17.9 Å². The van der Waals surface area contributed by atoms with E-state index in [1.165, 1.54) is 6.07 Å². The zero-order valence-corrected chi connectivity index (χ0v) is 17.3. The molecule has 1 amide bonds. The van der Waals surface area contributed by atoms with Crippen LogP contribution >= 0.6 is 23.2 Å². The average molecular weight is 443 g/mol. The standard InChI is InChI=1S/C19H20Cl2N2O4S/c20-16-7-3-8-17(21)15(16)12-28(25,26)23-18-9-2-1-6-14(18)19(24)22-11-13-5-4-10-27-13/h1-3,6-9,13,23H,4-5,10-12H2,(H,22,24)/t13-/m1/s1. The Morgan fingerprint density at radius 1 is 1.11 bits per heavy atom. The second-order valence-corrected chi connectivity index (χ2v) is 8.99. The molecule has 0 saturated carbocycles. The summed E-state index contributed by atoms with van der Waals surface area (Å²) < 4.78 is 33.2. The summed E-state index contributed by atoms with van der Waals surface area (Å²) in [5.74, 6) is -0.776. The van der Waals surface area contributed by atoms with E-state index in [2.05, 4.69) is 10.0 Å². The molecule has 1 aliphatic heterocycles. The van der Waals surface area contributed by atoms with Gasteiger partial charge in [-0.2, -0.15) is 0 Å². The van der Waals surface area contributed by atoms with Crippen molar-refractivity contribution in [3.05, 3.63) is 63.6 Å². The summed E-state index contributed by atoms with van der Waals surface area (Å²) in [6, 6.07) is 11.2. The van der Waals surface area contributed by atoms with Crippen molar-refractivity contribution in [1.29, 1.82) is 0 Å². The Bertz CT molecular complexity index is 940. The van der Waals surface area contributed by atoms with Crippen LogP contribution in [0.1, 0.15) is 28.8 Å². The molecule has 2 N–H and O–H groups in total. The minimum absolute atomic E-state index is 0.00447. The van der Waals surface area contributed by atoms with Crippen LogP contribution in [0.15, 0.2) is 42.5 Å². The summed E-state index contributed by atoms with van der Waals surface area (Å²) in [4.78, 5) is 12.5. The van der Waals surface area contributed by atoms with Crippen LogP contribution in [0.25, 0.3) is 0 Å². The molecule has 3 rings (SSSR count). The summed E-state index contributed by atoms with van der Waals surface area (Å²) in [5, 5.41) is 3.32. The van der Waals surface area contributed by atoms with Gasteiger partial charge < -0.3 is 10.1 Å². The van der Waals surface area contributed by atoms with Crippen molar-refractivity contribution in [2.24, 2.45) is 0 Å². The molecule has 1 fully saturated rings. The lowest BCUT2D eigenvalue weighted by Gasteiger charge is -2.15. The van der Waals surface area contributed by atoms with E-state index in [4.69, 9.17) is 27.9 Å². The number of para-hydroxylation sites is 1. The Hall–Kier alpha value is -1.80. The molecule has 2 aromatic carbocycles. The van der Waals surface area contributed by atoms with E-state index in [1.807, 2.05) is 0 Å². The van der Waals surface area contributed by atoms with Gasteiger partial charge in [0.1, 0.15) is 0 Å². The molecule has 1 heterocycles. The van der Waals surface area contributed by atoms with Gasteiger partial charge in [-0.15, -0.1) is 0 Å². The first-order valence-electron chi connectivity index (χ1n) is 8.78. The molecule has 9 heteroatoms. The number of halogens is 2. The SMILES string of the molecule is O=C(NC[C@H]1CCCO1)c1ccccc1NS(=O)(=O)Cc1c(Cl)cccc1Cl. The highest BCUT2D eigenvalue weighted by Gasteiger charge is 2.21. The van der Waals surface area contributed by atoms with Gasteiger partial charge in [0.25, 0.3) is 5.91 Å². The molecule has 2 aromatic rings. The third kappa shape index (κ3) is 5.38. The lowest BCUT2D eigenvalue weighted by molar-refractivity contribution is 0.0858. The van der Waals surface area contributed by atoms with Crippen molar-refractivity contribution in [1.82, 2.24) is 5.32 Å². The van der Waals surface area contributed by atoms with Crippen molar-refractivity contribution >= 4 is 44.8 Å². The Morgan fingerprint density at radius 2 is 1.82 bits per heavy atom. The second kappa shape index (κ2) is 9.13. The molecule has 0 radical (unpaired) electrons. The van der Waals surface area contributed by atoms with E-state index in [1.54, 1.807) is 36.4 Å². The van der Waals surface area contributed by atoms with Gasteiger partial charge in [0.15, 0.2) is 0 Å². The number of benzene rings is 2. The van der Waals surface area contributed by atoms with E-state index in [0.29, 0.717) is 18.7 Å². The van der Waals surface area contributed by atoms with Gasteiger partial charge in [0.2, 0.25) is 10.0 Å². The number of carbonyl (C=O) groups excluding carboxylic acids is 1. The zero-order chi connectivity index (χ0) is 20.1. The lowest BCUT2D eigenvalue weighted by atomic mass is 10.1. The maximum atomic E-state index is 12.6. The Labute approximate surface area is 174 Å². The minimum Gasteiger partial charge on any atom is -0.376 e. The van der Waals surface area contributed by atoms with Gasteiger partial charge in [-0.3, -0.25) is 9.52 Å². The summed E-state index contributed by atoms with van der Waals surface area (Å²) in [6.07, 6.45) is 1.87.